The molecule has 0 heterocycles. The minimum Gasteiger partial charge on any atom is -0.477 e. The number of esters is 2. The summed E-state index contributed by atoms with van der Waals surface area (Å²) in [4.78, 5) is 37.7. The maximum atomic E-state index is 13.0. The minimum absolute atomic E-state index is 0.177. The topological polar surface area (TPSA) is 108 Å². The van der Waals surface area contributed by atoms with Crippen LogP contribution in [0.2, 0.25) is 0 Å². The summed E-state index contributed by atoms with van der Waals surface area (Å²) in [6.45, 7) is 4.93. The Morgan fingerprint density at radius 2 is 0.593 bits per heavy atom. The van der Waals surface area contributed by atoms with Crippen LogP contribution >= 0.6 is 0 Å². The van der Waals surface area contributed by atoms with E-state index in [0.717, 1.165) is 51.4 Å². The summed E-state index contributed by atoms with van der Waals surface area (Å²) in [5.74, 6) is -1.97. The summed E-state index contributed by atoms with van der Waals surface area (Å²) < 4.78 is 23.1. The summed E-state index contributed by atoms with van der Waals surface area (Å²) in [7, 11) is 6.00. The highest BCUT2D eigenvalue weighted by molar-refractivity contribution is 5.71. The molecule has 0 aromatic rings. The van der Waals surface area contributed by atoms with E-state index in [1.54, 1.807) is 0 Å². The summed E-state index contributed by atoms with van der Waals surface area (Å²) in [6.07, 6.45) is 92.7. The normalized spacial score (nSPS) is 12.8. The zero-order valence-corrected chi connectivity index (χ0v) is 61.3. The minimum atomic E-state index is -1.51. The number of allylic oxidation sites excluding steroid dienone is 8. The van der Waals surface area contributed by atoms with E-state index in [0.29, 0.717) is 17.4 Å². The highest BCUT2D eigenvalue weighted by atomic mass is 16.7. The van der Waals surface area contributed by atoms with E-state index in [2.05, 4.69) is 62.5 Å². The van der Waals surface area contributed by atoms with E-state index >= 15 is 0 Å². The molecule has 0 aromatic carbocycles. The Morgan fingerprint density at radius 3 is 0.868 bits per heavy atom. The molecular weight excluding hydrogens is 1130 g/mol. The Morgan fingerprint density at radius 1 is 0.330 bits per heavy atom. The van der Waals surface area contributed by atoms with Crippen molar-refractivity contribution in [1.29, 1.82) is 0 Å². The van der Waals surface area contributed by atoms with Gasteiger partial charge in [-0.3, -0.25) is 9.59 Å². The Labute approximate surface area is 565 Å². The number of unbranched alkanes of at least 4 members (excludes halogenated alkanes) is 52. The molecule has 0 spiro atoms. The molecule has 0 radical (unpaired) electrons. The molecule has 91 heavy (non-hydrogen) atoms. The third-order valence-corrected chi connectivity index (χ3v) is 18.1. The van der Waals surface area contributed by atoms with Gasteiger partial charge in [0.1, 0.15) is 13.2 Å². The van der Waals surface area contributed by atoms with Gasteiger partial charge in [-0.15, -0.1) is 0 Å². The molecule has 0 rings (SSSR count). The van der Waals surface area contributed by atoms with Gasteiger partial charge in [-0.1, -0.05) is 358 Å². The molecular formula is C82H154NO8+. The van der Waals surface area contributed by atoms with Gasteiger partial charge in [0.25, 0.3) is 6.29 Å². The van der Waals surface area contributed by atoms with Gasteiger partial charge in [-0.2, -0.15) is 0 Å². The van der Waals surface area contributed by atoms with Crippen molar-refractivity contribution in [3.8, 4) is 0 Å². The van der Waals surface area contributed by atoms with Crippen LogP contribution in [0.5, 0.6) is 0 Å². The van der Waals surface area contributed by atoms with Gasteiger partial charge in [0, 0.05) is 12.8 Å². The smallest absolute Gasteiger partial charge is 0.361 e. The summed E-state index contributed by atoms with van der Waals surface area (Å²) in [5, 5.41) is 9.77. The molecule has 0 saturated heterocycles. The Hall–Kier alpha value is -2.75. The first kappa shape index (κ1) is 88.2. The van der Waals surface area contributed by atoms with Crippen LogP contribution in [0, 0.1) is 0 Å². The van der Waals surface area contributed by atoms with Crippen molar-refractivity contribution in [3.63, 3.8) is 0 Å². The van der Waals surface area contributed by atoms with Crippen LogP contribution in [0.25, 0.3) is 0 Å². The van der Waals surface area contributed by atoms with Gasteiger partial charge < -0.3 is 28.5 Å². The molecule has 9 heteroatoms. The maximum Gasteiger partial charge on any atom is 0.361 e. The van der Waals surface area contributed by atoms with Gasteiger partial charge in [0.2, 0.25) is 0 Å². The van der Waals surface area contributed by atoms with E-state index < -0.39 is 18.4 Å². The number of nitrogens with zero attached hydrogens (tertiary/aromatic N) is 1. The average Bonchev–Trinajstić information content (AvgIpc) is 3.50. The Kier molecular flexibility index (Phi) is 70.9. The van der Waals surface area contributed by atoms with Gasteiger partial charge in [0.15, 0.2) is 6.10 Å². The third kappa shape index (κ3) is 74.5. The second-order valence-corrected chi connectivity index (χ2v) is 28.4. The lowest BCUT2D eigenvalue weighted by Crippen LogP contribution is -2.40. The number of likely N-dealkylation sites (N-methyl/N-ethyl adjacent to an activating group) is 1. The number of aliphatic carboxylic acids is 1. The fraction of sp³-hybridized carbons (Fsp3) is 0.866. The molecule has 0 amide bonds. The first-order valence-electron chi connectivity index (χ1n) is 39.8. The summed E-state index contributed by atoms with van der Waals surface area (Å²) >= 11 is 0. The molecule has 0 aliphatic carbocycles. The molecule has 1 N–H and O–H groups in total. The lowest BCUT2D eigenvalue weighted by atomic mass is 10.0. The number of carbonyl (C=O) groups excluding carboxylic acids is 2. The third-order valence-electron chi connectivity index (χ3n) is 18.1. The Balaban J connectivity index is 3.97. The van der Waals surface area contributed by atoms with Crippen LogP contribution in [0.15, 0.2) is 48.6 Å². The van der Waals surface area contributed by atoms with Crippen molar-refractivity contribution < 1.29 is 42.9 Å². The van der Waals surface area contributed by atoms with Crippen LogP contribution in [-0.4, -0.2) is 87.4 Å². The van der Waals surface area contributed by atoms with Gasteiger partial charge in [-0.25, -0.2) is 4.79 Å². The largest absolute Gasteiger partial charge is 0.477 e. The van der Waals surface area contributed by atoms with Crippen molar-refractivity contribution in [1.82, 2.24) is 0 Å². The predicted octanol–water partition coefficient (Wildman–Crippen LogP) is 25.3. The number of carboxylic acids is 1. The predicted molar refractivity (Wildman–Crippen MR) is 392 cm³/mol. The zero-order chi connectivity index (χ0) is 66.1. The first-order chi connectivity index (χ1) is 44.6. The molecule has 534 valence electrons. The standard InChI is InChI=1S/C82H153NO8/c1-6-8-10-12-14-16-18-20-22-24-26-28-30-32-34-36-37-38-39-40-41-42-43-45-47-49-51-53-55-57-59-61-63-65-67-69-71-73-80(85)91-78(77-90-82(81(86)87)88-75-74-83(3,4)5)76-89-79(84)72-70-68-66-64-62-60-58-56-54-52-50-48-46-44-35-33-31-29-27-25-23-21-19-17-15-13-11-9-7-2/h18-21,24-27,78,82H,6-17,22-23,28-77H2,1-5H3/p+1/b20-18-,21-19-,26-24-,27-25-. The number of carbonyl (C=O) groups is 3. The molecule has 0 bridgehead atoms. The molecule has 0 saturated carbocycles. The number of quaternary nitrogens is 1. The van der Waals surface area contributed by atoms with Crippen LogP contribution < -0.4 is 0 Å². The van der Waals surface area contributed by atoms with E-state index in [-0.39, 0.29) is 38.2 Å². The van der Waals surface area contributed by atoms with Crippen LogP contribution in [0.3, 0.4) is 0 Å². The van der Waals surface area contributed by atoms with Crippen LogP contribution in [0.1, 0.15) is 399 Å². The quantitative estimate of drug-likeness (QED) is 0.0211. The molecule has 9 nitrogen and oxygen atoms in total. The maximum absolute atomic E-state index is 13.0. The molecule has 0 aromatic heterocycles. The number of rotatable bonds is 75. The molecule has 0 fully saturated rings. The van der Waals surface area contributed by atoms with Gasteiger partial charge in [-0.05, 0) is 77.0 Å². The summed E-state index contributed by atoms with van der Waals surface area (Å²) in [5.41, 5.74) is 0. The lowest BCUT2D eigenvalue weighted by Gasteiger charge is -2.25. The molecule has 0 aliphatic rings. The highest BCUT2D eigenvalue weighted by Gasteiger charge is 2.25. The van der Waals surface area contributed by atoms with E-state index in [1.807, 2.05) is 21.1 Å². The fourth-order valence-electron chi connectivity index (χ4n) is 12.0. The van der Waals surface area contributed by atoms with Gasteiger partial charge >= 0.3 is 17.9 Å². The second-order valence-electron chi connectivity index (χ2n) is 28.4. The lowest BCUT2D eigenvalue weighted by molar-refractivity contribution is -0.870. The van der Waals surface area contributed by atoms with E-state index in [9.17, 15) is 19.5 Å². The van der Waals surface area contributed by atoms with Crippen LogP contribution in [-0.2, 0) is 33.3 Å². The number of ether oxygens (including phenoxy) is 4. The summed E-state index contributed by atoms with van der Waals surface area (Å²) in [6, 6.07) is 0. The van der Waals surface area contributed by atoms with Crippen molar-refractivity contribution in [2.24, 2.45) is 0 Å². The Bertz CT molecular complexity index is 1630. The van der Waals surface area contributed by atoms with Crippen LogP contribution in [0.4, 0.5) is 0 Å². The highest BCUT2D eigenvalue weighted by Crippen LogP contribution is 2.19. The monoisotopic (exact) mass is 1280 g/mol. The van der Waals surface area contributed by atoms with Gasteiger partial charge in [0.05, 0.1) is 34.4 Å². The van der Waals surface area contributed by atoms with E-state index in [1.165, 1.54) is 321 Å². The van der Waals surface area contributed by atoms with Crippen molar-refractivity contribution in [3.05, 3.63) is 48.6 Å². The zero-order valence-electron chi connectivity index (χ0n) is 61.3. The number of hydrogen-bond acceptors (Lipinski definition) is 7. The SMILES string of the molecule is CCCCCCC/C=C\C/C=C\CCCCCCCCCCCCCCCCCCCCCCCCCCCC(=O)OC(COC(=O)CCCCCCCCCCCCCCCCCCC/C=C\C/C=C\CCCCCCC)COC(OCC[N+](C)(C)C)C(=O)O. The molecule has 2 unspecified atom stereocenters. The number of hydrogen-bond donors (Lipinski definition) is 1. The fourth-order valence-corrected chi connectivity index (χ4v) is 12.0. The molecule has 2 atom stereocenters. The first-order valence-corrected chi connectivity index (χ1v) is 39.8. The van der Waals surface area contributed by atoms with Crippen molar-refractivity contribution in [2.75, 3.05) is 47.5 Å². The van der Waals surface area contributed by atoms with E-state index in [4.69, 9.17) is 18.9 Å². The van der Waals surface area contributed by atoms with Crippen molar-refractivity contribution in [2.45, 2.75) is 411 Å². The van der Waals surface area contributed by atoms with Crippen molar-refractivity contribution >= 4 is 17.9 Å². The average molecular weight is 1280 g/mol. The second kappa shape index (κ2) is 73.1. The number of carboxylic acid groups (broad SMARTS) is 1. The molecule has 0 aliphatic heterocycles.